The molecular weight excluding hydrogens is 312 g/mol. The highest BCUT2D eigenvalue weighted by molar-refractivity contribution is 6.02. The summed E-state index contributed by atoms with van der Waals surface area (Å²) < 4.78 is 2.02. The van der Waals surface area contributed by atoms with Crippen molar-refractivity contribution in [3.63, 3.8) is 0 Å². The number of aromatic nitrogens is 2. The van der Waals surface area contributed by atoms with Crippen molar-refractivity contribution in [2.75, 3.05) is 0 Å². The van der Waals surface area contributed by atoms with Gasteiger partial charge in [0.25, 0.3) is 5.91 Å². The van der Waals surface area contributed by atoms with Gasteiger partial charge in [-0.1, -0.05) is 18.9 Å². The first-order chi connectivity index (χ1) is 12.1. The summed E-state index contributed by atoms with van der Waals surface area (Å²) in [6.07, 6.45) is 7.70. The normalized spacial score (nSPS) is 15.2. The molecule has 0 bridgehead atoms. The third kappa shape index (κ3) is 3.63. The third-order valence-electron chi connectivity index (χ3n) is 4.70. The quantitative estimate of drug-likeness (QED) is 0.687. The van der Waals surface area contributed by atoms with Gasteiger partial charge in [-0.05, 0) is 56.5 Å². The molecule has 0 unspecified atom stereocenters. The van der Waals surface area contributed by atoms with Crippen molar-refractivity contribution in [2.45, 2.75) is 45.6 Å². The smallest absolute Gasteiger partial charge is 0.262 e. The van der Waals surface area contributed by atoms with E-state index in [1.807, 2.05) is 48.7 Å². The van der Waals surface area contributed by atoms with E-state index >= 15 is 0 Å². The summed E-state index contributed by atoms with van der Waals surface area (Å²) in [6, 6.07) is 9.97. The van der Waals surface area contributed by atoms with Crippen molar-refractivity contribution in [3.8, 4) is 11.9 Å². The number of nitriles is 1. The van der Waals surface area contributed by atoms with Crippen molar-refractivity contribution in [1.29, 1.82) is 5.26 Å². The summed E-state index contributed by atoms with van der Waals surface area (Å²) in [7, 11) is 0. The van der Waals surface area contributed by atoms with Gasteiger partial charge >= 0.3 is 0 Å². The van der Waals surface area contributed by atoms with Crippen molar-refractivity contribution >= 4 is 12.0 Å². The van der Waals surface area contributed by atoms with E-state index in [4.69, 9.17) is 0 Å². The van der Waals surface area contributed by atoms with Gasteiger partial charge in [0, 0.05) is 23.6 Å². The monoisotopic (exact) mass is 334 g/mol. The van der Waals surface area contributed by atoms with E-state index in [1.54, 1.807) is 12.3 Å². The molecule has 5 nitrogen and oxygen atoms in total. The molecule has 0 aromatic carbocycles. The molecule has 1 aliphatic carbocycles. The molecule has 1 aliphatic rings. The molecule has 3 rings (SSSR count). The van der Waals surface area contributed by atoms with Gasteiger partial charge in [-0.25, -0.2) is 4.98 Å². The Kier molecular flexibility index (Phi) is 4.99. The summed E-state index contributed by atoms with van der Waals surface area (Å²) in [4.78, 5) is 16.8. The zero-order chi connectivity index (χ0) is 17.8. The Morgan fingerprint density at radius 2 is 2.12 bits per heavy atom. The lowest BCUT2D eigenvalue weighted by atomic mass is 10.1. The third-order valence-corrected chi connectivity index (χ3v) is 4.70. The van der Waals surface area contributed by atoms with Gasteiger partial charge in [0.15, 0.2) is 0 Å². The Labute approximate surface area is 148 Å². The van der Waals surface area contributed by atoms with Crippen LogP contribution < -0.4 is 5.32 Å². The van der Waals surface area contributed by atoms with E-state index in [1.165, 1.54) is 0 Å². The van der Waals surface area contributed by atoms with Crippen molar-refractivity contribution < 1.29 is 4.79 Å². The van der Waals surface area contributed by atoms with Gasteiger partial charge in [-0.2, -0.15) is 5.26 Å². The minimum Gasteiger partial charge on any atom is -0.349 e. The molecule has 5 heteroatoms. The van der Waals surface area contributed by atoms with E-state index in [-0.39, 0.29) is 17.5 Å². The molecule has 1 saturated carbocycles. The Bertz CT molecular complexity index is 837. The lowest BCUT2D eigenvalue weighted by Gasteiger charge is -2.11. The number of hydrogen-bond acceptors (Lipinski definition) is 3. The number of amides is 1. The van der Waals surface area contributed by atoms with Crippen LogP contribution in [0.15, 0.2) is 36.0 Å². The van der Waals surface area contributed by atoms with Gasteiger partial charge < -0.3 is 9.88 Å². The van der Waals surface area contributed by atoms with Crippen LogP contribution in [0.3, 0.4) is 0 Å². The van der Waals surface area contributed by atoms with Gasteiger partial charge in [0.05, 0.1) is 0 Å². The zero-order valence-electron chi connectivity index (χ0n) is 14.6. The number of hydrogen-bond donors (Lipinski definition) is 1. The van der Waals surface area contributed by atoms with Crippen molar-refractivity contribution in [1.82, 2.24) is 14.9 Å². The fourth-order valence-electron chi connectivity index (χ4n) is 3.41. The van der Waals surface area contributed by atoms with Gasteiger partial charge in [0.1, 0.15) is 17.5 Å². The summed E-state index contributed by atoms with van der Waals surface area (Å²) in [5.74, 6) is 0.545. The maximum atomic E-state index is 12.4. The van der Waals surface area contributed by atoms with E-state index < -0.39 is 0 Å². The maximum Gasteiger partial charge on any atom is 0.262 e. The van der Waals surface area contributed by atoms with Crippen LogP contribution in [0.1, 0.15) is 42.6 Å². The standard InChI is InChI=1S/C20H22N4O/c1-14-11-16(15(2)24(14)19-9-5-6-10-22-19)12-17(13-21)20(25)23-18-7-3-4-8-18/h5-6,9-12,18H,3-4,7-8H2,1-2H3,(H,23,25)/b17-12-. The predicted octanol–water partition coefficient (Wildman–Crippen LogP) is 3.45. The van der Waals surface area contributed by atoms with Crippen LogP contribution in [0, 0.1) is 25.2 Å². The van der Waals surface area contributed by atoms with Crippen LogP contribution in [-0.4, -0.2) is 21.5 Å². The first kappa shape index (κ1) is 17.0. The molecule has 2 aromatic heterocycles. The number of carbonyl (C=O) groups is 1. The van der Waals surface area contributed by atoms with Crippen LogP contribution >= 0.6 is 0 Å². The van der Waals surface area contributed by atoms with E-state index in [0.717, 1.165) is 48.5 Å². The Morgan fingerprint density at radius 3 is 2.76 bits per heavy atom. The lowest BCUT2D eigenvalue weighted by Crippen LogP contribution is -2.33. The molecule has 1 fully saturated rings. The minimum absolute atomic E-state index is 0.146. The second-order valence-electron chi connectivity index (χ2n) is 6.47. The second kappa shape index (κ2) is 7.35. The Morgan fingerprint density at radius 1 is 1.36 bits per heavy atom. The molecule has 0 atom stereocenters. The summed E-state index contributed by atoms with van der Waals surface area (Å²) in [5.41, 5.74) is 2.98. The van der Waals surface area contributed by atoms with Crippen LogP contribution in [0.2, 0.25) is 0 Å². The number of pyridine rings is 1. The number of nitrogens with one attached hydrogen (secondary N) is 1. The fourth-order valence-corrected chi connectivity index (χ4v) is 3.41. The van der Waals surface area contributed by atoms with Crippen LogP contribution in [0.5, 0.6) is 0 Å². The predicted molar refractivity (Wildman–Crippen MR) is 97.0 cm³/mol. The Balaban J connectivity index is 1.89. The molecule has 0 saturated heterocycles. The molecular formula is C20H22N4O. The minimum atomic E-state index is -0.281. The highest BCUT2D eigenvalue weighted by atomic mass is 16.1. The lowest BCUT2D eigenvalue weighted by molar-refractivity contribution is -0.117. The highest BCUT2D eigenvalue weighted by Crippen LogP contribution is 2.22. The Hall–Kier alpha value is -2.87. The fraction of sp³-hybridized carbons (Fsp3) is 0.350. The molecule has 2 heterocycles. The molecule has 0 aliphatic heterocycles. The molecule has 128 valence electrons. The van der Waals surface area contributed by atoms with Gasteiger partial charge in [-0.15, -0.1) is 0 Å². The van der Waals surface area contributed by atoms with E-state index in [0.29, 0.717) is 0 Å². The van der Waals surface area contributed by atoms with Crippen molar-refractivity contribution in [3.05, 3.63) is 53.0 Å². The first-order valence-corrected chi connectivity index (χ1v) is 8.63. The average molecular weight is 334 g/mol. The number of nitrogens with zero attached hydrogens (tertiary/aromatic N) is 3. The molecule has 0 radical (unpaired) electrons. The summed E-state index contributed by atoms with van der Waals surface area (Å²) in [5, 5.41) is 12.4. The van der Waals surface area contributed by atoms with Gasteiger partial charge in [-0.3, -0.25) is 4.79 Å². The number of carbonyl (C=O) groups excluding carboxylic acids is 1. The maximum absolute atomic E-state index is 12.4. The first-order valence-electron chi connectivity index (χ1n) is 8.63. The largest absolute Gasteiger partial charge is 0.349 e. The number of rotatable bonds is 4. The SMILES string of the molecule is Cc1cc(/C=C(/C#N)C(=O)NC2CCCC2)c(C)n1-c1ccccn1. The second-order valence-corrected chi connectivity index (χ2v) is 6.47. The highest BCUT2D eigenvalue weighted by Gasteiger charge is 2.20. The average Bonchev–Trinajstić information content (AvgIpc) is 3.21. The molecule has 0 spiro atoms. The molecule has 1 amide bonds. The van der Waals surface area contributed by atoms with Gasteiger partial charge in [0.2, 0.25) is 0 Å². The van der Waals surface area contributed by atoms with Crippen LogP contribution in [-0.2, 0) is 4.79 Å². The van der Waals surface area contributed by atoms with Crippen LogP contribution in [0.4, 0.5) is 0 Å². The van der Waals surface area contributed by atoms with E-state index in [2.05, 4.69) is 10.3 Å². The molecule has 25 heavy (non-hydrogen) atoms. The van der Waals surface area contributed by atoms with Crippen LogP contribution in [0.25, 0.3) is 11.9 Å². The van der Waals surface area contributed by atoms with Crippen molar-refractivity contribution in [2.24, 2.45) is 0 Å². The van der Waals surface area contributed by atoms with E-state index in [9.17, 15) is 10.1 Å². The summed E-state index contributed by atoms with van der Waals surface area (Å²) >= 11 is 0. The number of aryl methyl sites for hydroxylation is 1. The topological polar surface area (TPSA) is 70.7 Å². The zero-order valence-corrected chi connectivity index (χ0v) is 14.6. The molecule has 1 N–H and O–H groups in total. The molecule has 2 aromatic rings. The summed E-state index contributed by atoms with van der Waals surface area (Å²) in [6.45, 7) is 3.96.